The molecule has 41 heavy (non-hydrogen) atoms. The van der Waals surface area contributed by atoms with Gasteiger partial charge in [0.1, 0.15) is 0 Å². The first-order valence-corrected chi connectivity index (χ1v) is 13.9. The number of imide groups is 1. The van der Waals surface area contributed by atoms with Crippen molar-refractivity contribution in [1.82, 2.24) is 0 Å². The highest BCUT2D eigenvalue weighted by Gasteiger charge is 2.55. The average molecular weight is 567 g/mol. The normalized spacial score (nSPS) is 21.8. The van der Waals surface area contributed by atoms with E-state index < -0.39 is 58.8 Å². The summed E-state index contributed by atoms with van der Waals surface area (Å²) in [5, 5.41) is 42.7. The molecule has 4 atom stereocenters. The Hall–Kier alpha value is -3.89. The molecule has 1 aliphatic carbocycles. The minimum absolute atomic E-state index is 0.114. The summed E-state index contributed by atoms with van der Waals surface area (Å²) in [5.74, 6) is -4.54. The summed E-state index contributed by atoms with van der Waals surface area (Å²) in [6.07, 6.45) is 3.85. The van der Waals surface area contributed by atoms with Crippen LogP contribution in [0.15, 0.2) is 59.2 Å². The summed E-state index contributed by atoms with van der Waals surface area (Å²) in [4.78, 5) is 38.9. The molecule has 1 fully saturated rings. The van der Waals surface area contributed by atoms with E-state index in [0.717, 1.165) is 22.5 Å². The molecule has 1 aliphatic heterocycles. The van der Waals surface area contributed by atoms with Gasteiger partial charge < -0.3 is 15.3 Å². The molecule has 2 aromatic carbocycles. The van der Waals surface area contributed by atoms with Gasteiger partial charge in [-0.05, 0) is 61.4 Å². The van der Waals surface area contributed by atoms with Crippen molar-refractivity contribution in [3.05, 3.63) is 80.7 Å². The van der Waals surface area contributed by atoms with Crippen molar-refractivity contribution < 1.29 is 34.2 Å². The number of allylic oxidation sites excluding steroid dienone is 2. The number of non-ortho nitro benzene ring substituents is 1. The zero-order valence-corrected chi connectivity index (χ0v) is 23.1. The van der Waals surface area contributed by atoms with Crippen LogP contribution in [0.4, 0.5) is 15.8 Å². The van der Waals surface area contributed by atoms with Crippen LogP contribution in [-0.2, 0) is 9.59 Å². The zero-order valence-electron chi connectivity index (χ0n) is 23.1. The van der Waals surface area contributed by atoms with E-state index in [9.17, 15) is 39.4 Å². The van der Waals surface area contributed by atoms with Gasteiger partial charge in [-0.25, -0.2) is 9.29 Å². The van der Waals surface area contributed by atoms with Gasteiger partial charge in [-0.3, -0.25) is 19.7 Å². The minimum atomic E-state index is -0.976. The third-order valence-electron chi connectivity index (χ3n) is 8.13. The number of aromatic hydroxyl groups is 1. The van der Waals surface area contributed by atoms with Crippen molar-refractivity contribution in [3.8, 4) is 5.75 Å². The molecule has 218 valence electrons. The fourth-order valence-corrected chi connectivity index (χ4v) is 6.18. The number of phenolic OH excluding ortho intramolecular Hbond substituents is 1. The zero-order chi connectivity index (χ0) is 29.8. The Kier molecular flexibility index (Phi) is 9.35. The van der Waals surface area contributed by atoms with Crippen molar-refractivity contribution in [1.29, 1.82) is 0 Å². The van der Waals surface area contributed by atoms with Crippen molar-refractivity contribution in [3.63, 3.8) is 0 Å². The number of aliphatic hydroxyl groups is 2. The average Bonchev–Trinajstić information content (AvgIpc) is 3.21. The highest BCUT2D eigenvalue weighted by molar-refractivity contribution is 6.22. The maximum Gasteiger partial charge on any atom is 0.271 e. The number of hydrogen-bond donors (Lipinski definition) is 3. The number of nitro benzene ring substituents is 1. The van der Waals surface area contributed by atoms with Gasteiger partial charge in [0, 0.05) is 18.1 Å². The molecule has 1 saturated heterocycles. The standard InChI is InChI=1S/C31H35FN2O7/c1-3-6-20-15-23-29(31(39)33(30(23)38)21-7-5-8-22(16-21)34(40)41)24(17-35)28(20)27(37)12-9-18(4-2)13-19-10-11-26(36)25(32)14-19/h5,7-8,10-11,13-14,16,23-24,27,29,35-37H,3-4,6,9,12,15,17H2,1-2H3/b18-13+/t23-,24+,27-,29-/m1/s1. The first kappa shape index (κ1) is 30.1. The van der Waals surface area contributed by atoms with Gasteiger partial charge in [0.05, 0.1) is 35.2 Å². The second kappa shape index (κ2) is 12.7. The van der Waals surface area contributed by atoms with Gasteiger partial charge in [-0.2, -0.15) is 0 Å². The van der Waals surface area contributed by atoms with Crippen LogP contribution in [0.1, 0.15) is 57.9 Å². The number of rotatable bonds is 11. The Morgan fingerprint density at radius 2 is 1.95 bits per heavy atom. The second-order valence-corrected chi connectivity index (χ2v) is 10.6. The van der Waals surface area contributed by atoms with Gasteiger partial charge >= 0.3 is 0 Å². The molecule has 0 spiro atoms. The molecule has 3 N–H and O–H groups in total. The maximum atomic E-state index is 13.8. The van der Waals surface area contributed by atoms with Crippen LogP contribution < -0.4 is 4.90 Å². The molecule has 10 heteroatoms. The van der Waals surface area contributed by atoms with Crippen molar-refractivity contribution in [2.24, 2.45) is 17.8 Å². The van der Waals surface area contributed by atoms with E-state index in [4.69, 9.17) is 0 Å². The number of aliphatic hydroxyl groups excluding tert-OH is 2. The number of nitrogens with zero attached hydrogens (tertiary/aromatic N) is 2. The Morgan fingerprint density at radius 3 is 2.59 bits per heavy atom. The fraction of sp³-hybridized carbons (Fsp3) is 0.419. The number of carbonyl (C=O) groups is 2. The smallest absolute Gasteiger partial charge is 0.271 e. The lowest BCUT2D eigenvalue weighted by atomic mass is 9.67. The predicted octanol–water partition coefficient (Wildman–Crippen LogP) is 5.29. The minimum Gasteiger partial charge on any atom is -0.505 e. The molecular formula is C31H35FN2O7. The third-order valence-corrected chi connectivity index (χ3v) is 8.13. The lowest BCUT2D eigenvalue weighted by Gasteiger charge is -2.36. The topological polar surface area (TPSA) is 141 Å². The quantitative estimate of drug-likeness (QED) is 0.145. The van der Waals surface area contributed by atoms with Crippen LogP contribution in [-0.4, -0.2) is 44.8 Å². The van der Waals surface area contributed by atoms with Crippen molar-refractivity contribution >= 4 is 29.3 Å². The number of phenols is 1. The number of halogens is 1. The first-order chi connectivity index (χ1) is 19.6. The molecule has 0 radical (unpaired) electrons. The highest BCUT2D eigenvalue weighted by atomic mass is 19.1. The number of fused-ring (bicyclic) bond motifs is 1. The molecule has 2 aliphatic rings. The lowest BCUT2D eigenvalue weighted by molar-refractivity contribution is -0.384. The van der Waals surface area contributed by atoms with Crippen LogP contribution in [0.25, 0.3) is 6.08 Å². The fourth-order valence-electron chi connectivity index (χ4n) is 6.18. The number of amides is 2. The van der Waals surface area contributed by atoms with Crippen molar-refractivity contribution in [2.45, 2.75) is 58.5 Å². The van der Waals surface area contributed by atoms with E-state index in [-0.39, 0.29) is 17.8 Å². The summed E-state index contributed by atoms with van der Waals surface area (Å²) in [5.41, 5.74) is 2.84. The molecule has 0 saturated carbocycles. The van der Waals surface area contributed by atoms with E-state index in [1.54, 1.807) is 6.07 Å². The number of benzene rings is 2. The Morgan fingerprint density at radius 1 is 1.20 bits per heavy atom. The number of carbonyl (C=O) groups excluding carboxylic acids is 2. The van der Waals surface area contributed by atoms with E-state index in [1.807, 2.05) is 19.9 Å². The van der Waals surface area contributed by atoms with Crippen LogP contribution in [0.3, 0.4) is 0 Å². The Bertz CT molecular complexity index is 1400. The molecular weight excluding hydrogens is 531 g/mol. The van der Waals surface area contributed by atoms with Gasteiger partial charge in [0.2, 0.25) is 11.8 Å². The molecule has 0 unspecified atom stereocenters. The van der Waals surface area contributed by atoms with Crippen LogP contribution in [0.2, 0.25) is 0 Å². The van der Waals surface area contributed by atoms with E-state index in [0.29, 0.717) is 36.8 Å². The molecule has 0 aromatic heterocycles. The van der Waals surface area contributed by atoms with Crippen LogP contribution >= 0.6 is 0 Å². The van der Waals surface area contributed by atoms with E-state index in [1.165, 1.54) is 36.4 Å². The summed E-state index contributed by atoms with van der Waals surface area (Å²) >= 11 is 0. The first-order valence-electron chi connectivity index (χ1n) is 13.9. The molecule has 9 nitrogen and oxygen atoms in total. The molecule has 4 rings (SSSR count). The van der Waals surface area contributed by atoms with Gasteiger partial charge in [-0.15, -0.1) is 0 Å². The van der Waals surface area contributed by atoms with Crippen LogP contribution in [0, 0.1) is 33.7 Å². The summed E-state index contributed by atoms with van der Waals surface area (Å²) in [7, 11) is 0. The van der Waals surface area contributed by atoms with Crippen molar-refractivity contribution in [2.75, 3.05) is 11.5 Å². The predicted molar refractivity (Wildman–Crippen MR) is 151 cm³/mol. The Labute approximate surface area is 237 Å². The van der Waals surface area contributed by atoms with Gasteiger partial charge in [0.15, 0.2) is 11.6 Å². The van der Waals surface area contributed by atoms with E-state index in [2.05, 4.69) is 0 Å². The summed E-state index contributed by atoms with van der Waals surface area (Å²) in [6, 6.07) is 9.49. The van der Waals surface area contributed by atoms with Gasteiger partial charge in [0.25, 0.3) is 5.69 Å². The Balaban J connectivity index is 1.61. The second-order valence-electron chi connectivity index (χ2n) is 10.6. The SMILES string of the molecule is CCCC1=C([C@H](O)CC/C(=C/c2ccc(O)c(F)c2)CC)[C@H](CO)[C@@H]2C(=O)N(c3cccc([N+](=O)[O-])c3)C(=O)[C@@H]2C1. The number of anilines is 1. The molecule has 2 aromatic rings. The summed E-state index contributed by atoms with van der Waals surface area (Å²) in [6.45, 7) is 3.48. The molecule has 1 heterocycles. The largest absolute Gasteiger partial charge is 0.505 e. The lowest BCUT2D eigenvalue weighted by Crippen LogP contribution is -2.39. The maximum absolute atomic E-state index is 13.8. The highest BCUT2D eigenvalue weighted by Crippen LogP contribution is 2.48. The van der Waals surface area contributed by atoms with E-state index >= 15 is 0 Å². The van der Waals surface area contributed by atoms with Crippen LogP contribution in [0.5, 0.6) is 5.75 Å². The number of nitro groups is 1. The van der Waals surface area contributed by atoms with Gasteiger partial charge in [-0.1, -0.05) is 49.6 Å². The summed E-state index contributed by atoms with van der Waals surface area (Å²) < 4.78 is 13.8. The monoisotopic (exact) mass is 566 g/mol. The third kappa shape index (κ3) is 6.08. The molecule has 0 bridgehead atoms. The number of hydrogen-bond acceptors (Lipinski definition) is 7. The molecule has 2 amide bonds.